The van der Waals surface area contributed by atoms with E-state index >= 15 is 0 Å². The normalized spacial score (nSPS) is 12.1. The molecule has 0 saturated carbocycles. The van der Waals surface area contributed by atoms with Crippen LogP contribution < -0.4 is 14.4 Å². The maximum atomic E-state index is 13.4. The van der Waals surface area contributed by atoms with Crippen LogP contribution in [0.5, 0.6) is 5.75 Å². The molecule has 1 atom stereocenters. The fourth-order valence-electron chi connectivity index (χ4n) is 3.08. The summed E-state index contributed by atoms with van der Waals surface area (Å²) in [6.45, 7) is 1.15. The molecule has 0 spiro atoms. The van der Waals surface area contributed by atoms with Crippen molar-refractivity contribution in [2.75, 3.05) is 31.3 Å². The van der Waals surface area contributed by atoms with E-state index in [1.165, 1.54) is 31.2 Å². The van der Waals surface area contributed by atoms with Gasteiger partial charge in [-0.05, 0) is 42.8 Å². The highest BCUT2D eigenvalue weighted by atomic mass is 79.9. The standard InChI is InChI=1S/C21H25BrClN3O5S/c1-14(21(28)24-2)25(12-15-6-5-7-16(22)10-15)20(27)13-26(32(4,29)30)18-11-17(23)8-9-19(18)31-3/h5-11,14H,12-13H2,1-4H3,(H,24,28)/t14-/m0/s1. The van der Waals surface area contributed by atoms with Gasteiger partial charge in [0.05, 0.1) is 19.1 Å². The van der Waals surface area contributed by atoms with Crippen LogP contribution in [0.4, 0.5) is 5.69 Å². The minimum atomic E-state index is -3.89. The van der Waals surface area contributed by atoms with Gasteiger partial charge in [-0.3, -0.25) is 13.9 Å². The summed E-state index contributed by atoms with van der Waals surface area (Å²) in [4.78, 5) is 27.0. The zero-order valence-electron chi connectivity index (χ0n) is 18.1. The molecule has 0 saturated heterocycles. The number of nitrogens with one attached hydrogen (secondary N) is 1. The number of carbonyl (C=O) groups is 2. The number of hydrogen-bond acceptors (Lipinski definition) is 5. The van der Waals surface area contributed by atoms with Crippen LogP contribution in [0.25, 0.3) is 0 Å². The summed E-state index contributed by atoms with van der Waals surface area (Å²) in [7, 11) is -1.02. The molecule has 2 rings (SSSR count). The van der Waals surface area contributed by atoms with E-state index in [9.17, 15) is 18.0 Å². The van der Waals surface area contributed by atoms with Crippen molar-refractivity contribution in [2.24, 2.45) is 0 Å². The van der Waals surface area contributed by atoms with E-state index in [2.05, 4.69) is 21.2 Å². The summed E-state index contributed by atoms with van der Waals surface area (Å²) in [6.07, 6.45) is 0.988. The molecule has 8 nitrogen and oxygen atoms in total. The molecule has 0 unspecified atom stereocenters. The van der Waals surface area contributed by atoms with Gasteiger partial charge in [0, 0.05) is 23.1 Å². The van der Waals surface area contributed by atoms with Crippen LogP contribution in [0.2, 0.25) is 5.02 Å². The number of rotatable bonds is 9. The number of methoxy groups -OCH3 is 1. The molecule has 0 aliphatic rings. The third-order valence-corrected chi connectivity index (χ3v) is 6.60. The van der Waals surface area contributed by atoms with Crippen LogP contribution in [0.1, 0.15) is 12.5 Å². The number of benzene rings is 2. The Bertz CT molecular complexity index is 1100. The average Bonchev–Trinajstić information content (AvgIpc) is 2.73. The SMILES string of the molecule is CNC(=O)[C@H](C)N(Cc1cccc(Br)c1)C(=O)CN(c1cc(Cl)ccc1OC)S(C)(=O)=O. The van der Waals surface area contributed by atoms with E-state index in [1.807, 2.05) is 24.3 Å². The minimum Gasteiger partial charge on any atom is -0.495 e. The molecular formula is C21H25BrClN3O5S. The van der Waals surface area contributed by atoms with Crippen molar-refractivity contribution < 1.29 is 22.7 Å². The third-order valence-electron chi connectivity index (χ3n) is 4.74. The predicted octanol–water partition coefficient (Wildman–Crippen LogP) is 3.04. The number of nitrogens with zero attached hydrogens (tertiary/aromatic N) is 2. The first-order chi connectivity index (χ1) is 15.0. The molecule has 0 radical (unpaired) electrons. The van der Waals surface area contributed by atoms with Crippen LogP contribution in [0.15, 0.2) is 46.9 Å². The minimum absolute atomic E-state index is 0.108. The van der Waals surface area contributed by atoms with E-state index in [0.29, 0.717) is 0 Å². The molecule has 0 aromatic heterocycles. The third kappa shape index (κ3) is 6.60. The zero-order valence-corrected chi connectivity index (χ0v) is 21.3. The first kappa shape index (κ1) is 26.0. The summed E-state index contributed by atoms with van der Waals surface area (Å²) in [5, 5.41) is 2.81. The lowest BCUT2D eigenvalue weighted by Crippen LogP contribution is -2.50. The molecule has 1 N–H and O–H groups in total. The highest BCUT2D eigenvalue weighted by Crippen LogP contribution is 2.33. The Kier molecular flexibility index (Phi) is 8.94. The first-order valence-electron chi connectivity index (χ1n) is 9.54. The maximum Gasteiger partial charge on any atom is 0.244 e. The van der Waals surface area contributed by atoms with Gasteiger partial charge < -0.3 is 15.0 Å². The monoisotopic (exact) mass is 545 g/mol. The van der Waals surface area contributed by atoms with Crippen LogP contribution in [-0.2, 0) is 26.2 Å². The summed E-state index contributed by atoms with van der Waals surface area (Å²) < 4.78 is 32.2. The summed E-state index contributed by atoms with van der Waals surface area (Å²) in [5.41, 5.74) is 0.903. The number of halogens is 2. The molecule has 11 heteroatoms. The lowest BCUT2D eigenvalue weighted by atomic mass is 10.1. The summed E-state index contributed by atoms with van der Waals surface area (Å²) >= 11 is 9.46. The van der Waals surface area contributed by atoms with E-state index < -0.39 is 28.5 Å². The van der Waals surface area contributed by atoms with Crippen molar-refractivity contribution in [3.05, 3.63) is 57.5 Å². The Morgan fingerprint density at radius 1 is 1.22 bits per heavy atom. The molecule has 174 valence electrons. The van der Waals surface area contributed by atoms with Crippen LogP contribution in [0, 0.1) is 0 Å². The van der Waals surface area contributed by atoms with Crippen molar-refractivity contribution in [3.8, 4) is 5.75 Å². The average molecular weight is 547 g/mol. The Balaban J connectivity index is 2.46. The van der Waals surface area contributed by atoms with Gasteiger partial charge in [0.1, 0.15) is 18.3 Å². The Morgan fingerprint density at radius 2 is 1.91 bits per heavy atom. The predicted molar refractivity (Wildman–Crippen MR) is 128 cm³/mol. The van der Waals surface area contributed by atoms with Gasteiger partial charge in [-0.2, -0.15) is 0 Å². The van der Waals surface area contributed by atoms with Crippen molar-refractivity contribution in [2.45, 2.75) is 19.5 Å². The molecule has 0 bridgehead atoms. The van der Waals surface area contributed by atoms with Crippen molar-refractivity contribution in [3.63, 3.8) is 0 Å². The van der Waals surface area contributed by atoms with Crippen molar-refractivity contribution >= 4 is 55.1 Å². The van der Waals surface area contributed by atoms with Gasteiger partial charge in [-0.15, -0.1) is 0 Å². The quantitative estimate of drug-likeness (QED) is 0.522. The van der Waals surface area contributed by atoms with Crippen LogP contribution in [-0.4, -0.2) is 58.1 Å². The van der Waals surface area contributed by atoms with E-state index in [1.54, 1.807) is 13.0 Å². The van der Waals surface area contributed by atoms with Crippen molar-refractivity contribution in [1.29, 1.82) is 0 Å². The molecule has 0 fully saturated rings. The van der Waals surface area contributed by atoms with E-state index in [0.717, 1.165) is 20.6 Å². The number of likely N-dealkylation sites (N-methyl/N-ethyl adjacent to an activating group) is 1. The first-order valence-corrected chi connectivity index (χ1v) is 12.6. The largest absolute Gasteiger partial charge is 0.495 e. The number of ether oxygens (including phenoxy) is 1. The number of hydrogen-bond donors (Lipinski definition) is 1. The highest BCUT2D eigenvalue weighted by Gasteiger charge is 2.31. The number of carbonyl (C=O) groups excluding carboxylic acids is 2. The second kappa shape index (κ2) is 11.0. The highest BCUT2D eigenvalue weighted by molar-refractivity contribution is 9.10. The second-order valence-electron chi connectivity index (χ2n) is 7.03. The molecule has 2 aromatic rings. The summed E-state index contributed by atoms with van der Waals surface area (Å²) in [6, 6.07) is 10.9. The van der Waals surface area contributed by atoms with Crippen LogP contribution in [0.3, 0.4) is 0 Å². The van der Waals surface area contributed by atoms with Gasteiger partial charge in [0.2, 0.25) is 21.8 Å². The number of anilines is 1. The lowest BCUT2D eigenvalue weighted by molar-refractivity contribution is -0.139. The van der Waals surface area contributed by atoms with Crippen molar-refractivity contribution in [1.82, 2.24) is 10.2 Å². The van der Waals surface area contributed by atoms with Gasteiger partial charge in [0.15, 0.2) is 0 Å². The van der Waals surface area contributed by atoms with Gasteiger partial charge in [-0.1, -0.05) is 39.7 Å². The van der Waals surface area contributed by atoms with E-state index in [4.69, 9.17) is 16.3 Å². The lowest BCUT2D eigenvalue weighted by Gasteiger charge is -2.31. The fraction of sp³-hybridized carbons (Fsp3) is 0.333. The number of sulfonamides is 1. The summed E-state index contributed by atoms with van der Waals surface area (Å²) in [5.74, 6) is -0.696. The van der Waals surface area contributed by atoms with Gasteiger partial charge in [0.25, 0.3) is 0 Å². The Morgan fingerprint density at radius 3 is 2.47 bits per heavy atom. The van der Waals surface area contributed by atoms with Crippen LogP contribution >= 0.6 is 27.5 Å². The Labute approximate surface area is 201 Å². The molecule has 0 aliphatic heterocycles. The van der Waals surface area contributed by atoms with Gasteiger partial charge in [-0.25, -0.2) is 8.42 Å². The van der Waals surface area contributed by atoms with E-state index in [-0.39, 0.29) is 28.9 Å². The topological polar surface area (TPSA) is 96.0 Å². The molecular weight excluding hydrogens is 522 g/mol. The molecule has 0 heterocycles. The molecule has 2 amide bonds. The second-order valence-corrected chi connectivity index (χ2v) is 10.3. The zero-order chi connectivity index (χ0) is 24.1. The van der Waals surface area contributed by atoms with Gasteiger partial charge >= 0.3 is 0 Å². The molecule has 32 heavy (non-hydrogen) atoms. The number of amides is 2. The molecule has 0 aliphatic carbocycles. The molecule has 2 aromatic carbocycles. The smallest absolute Gasteiger partial charge is 0.244 e. The fourth-order valence-corrected chi connectivity index (χ4v) is 4.53. The Hall–Kier alpha value is -2.30. The maximum absolute atomic E-state index is 13.4.